The third kappa shape index (κ3) is 2.24. The van der Waals surface area contributed by atoms with Gasteiger partial charge in [-0.2, -0.15) is 0 Å². The monoisotopic (exact) mass is 239 g/mol. The molecule has 0 saturated carbocycles. The van der Waals surface area contributed by atoms with Crippen LogP contribution in [-0.2, 0) is 6.54 Å². The zero-order chi connectivity index (χ0) is 11.5. The molecule has 0 unspecified atom stereocenters. The highest BCUT2D eigenvalue weighted by Crippen LogP contribution is 2.30. The Balaban J connectivity index is 2.27. The van der Waals surface area contributed by atoms with Crippen LogP contribution in [0.3, 0.4) is 0 Å². The van der Waals surface area contributed by atoms with Crippen LogP contribution in [-0.4, -0.2) is 35.5 Å². The van der Waals surface area contributed by atoms with Crippen molar-refractivity contribution in [3.63, 3.8) is 0 Å². The van der Waals surface area contributed by atoms with E-state index in [0.717, 1.165) is 22.0 Å². The number of fused-ring (bicyclic) bond motifs is 1. The highest BCUT2D eigenvalue weighted by atomic mass is 32.2. The molecule has 5 heteroatoms. The summed E-state index contributed by atoms with van der Waals surface area (Å²) >= 11 is 1.68. The number of carboxylic acid groups (broad SMARTS) is 1. The quantitative estimate of drug-likeness (QED) is 0.816. The number of hydrogen-bond donors (Lipinski definition) is 1. The lowest BCUT2D eigenvalue weighted by molar-refractivity contribution is 0.145. The van der Waals surface area contributed by atoms with E-state index in [1.54, 1.807) is 18.9 Å². The second-order valence-electron chi connectivity index (χ2n) is 3.53. The molecule has 0 spiro atoms. The van der Waals surface area contributed by atoms with Crippen molar-refractivity contribution in [2.24, 2.45) is 0 Å². The van der Waals surface area contributed by atoms with E-state index in [2.05, 4.69) is 0 Å². The van der Waals surface area contributed by atoms with E-state index < -0.39 is 6.09 Å². The summed E-state index contributed by atoms with van der Waals surface area (Å²) in [5.74, 6) is 1.60. The lowest BCUT2D eigenvalue weighted by atomic mass is 10.2. The number of methoxy groups -OCH3 is 1. The first-order valence-electron chi connectivity index (χ1n) is 4.98. The normalized spacial score (nSPS) is 15.2. The molecule has 0 bridgehead atoms. The summed E-state index contributed by atoms with van der Waals surface area (Å²) in [4.78, 5) is 13.5. The van der Waals surface area contributed by atoms with Gasteiger partial charge in [0, 0.05) is 17.2 Å². The maximum absolute atomic E-state index is 10.9. The Labute approximate surface area is 98.2 Å². The highest BCUT2D eigenvalue weighted by molar-refractivity contribution is 7.99. The van der Waals surface area contributed by atoms with Gasteiger partial charge in [-0.05, 0) is 17.7 Å². The zero-order valence-electron chi connectivity index (χ0n) is 8.97. The van der Waals surface area contributed by atoms with Crippen molar-refractivity contribution in [1.82, 2.24) is 4.90 Å². The number of benzene rings is 1. The molecule has 16 heavy (non-hydrogen) atoms. The molecule has 1 aliphatic heterocycles. The van der Waals surface area contributed by atoms with E-state index in [1.807, 2.05) is 18.2 Å². The molecule has 0 radical (unpaired) electrons. The minimum absolute atomic E-state index is 0.460. The Morgan fingerprint density at radius 3 is 3.06 bits per heavy atom. The van der Waals surface area contributed by atoms with E-state index in [4.69, 9.17) is 9.84 Å². The van der Waals surface area contributed by atoms with E-state index in [9.17, 15) is 4.79 Å². The van der Waals surface area contributed by atoms with Gasteiger partial charge in [-0.1, -0.05) is 6.07 Å². The van der Waals surface area contributed by atoms with Crippen LogP contribution < -0.4 is 4.74 Å². The molecule has 1 heterocycles. The molecular formula is C11H13NO3S. The highest BCUT2D eigenvalue weighted by Gasteiger charge is 2.18. The first-order valence-corrected chi connectivity index (χ1v) is 5.97. The van der Waals surface area contributed by atoms with Crippen LogP contribution in [0.5, 0.6) is 5.75 Å². The Morgan fingerprint density at radius 2 is 2.38 bits per heavy atom. The largest absolute Gasteiger partial charge is 0.497 e. The molecular weight excluding hydrogens is 226 g/mol. The lowest BCUT2D eigenvalue weighted by Gasteiger charge is -2.16. The molecule has 0 atom stereocenters. The molecule has 1 aromatic carbocycles. The molecule has 86 valence electrons. The molecule has 0 fully saturated rings. The molecule has 1 aliphatic rings. The lowest BCUT2D eigenvalue weighted by Crippen LogP contribution is -2.29. The van der Waals surface area contributed by atoms with Gasteiger partial charge in [0.1, 0.15) is 5.75 Å². The van der Waals surface area contributed by atoms with Gasteiger partial charge >= 0.3 is 6.09 Å². The van der Waals surface area contributed by atoms with Crippen molar-refractivity contribution < 1.29 is 14.6 Å². The Bertz CT molecular complexity index is 408. The van der Waals surface area contributed by atoms with E-state index in [1.165, 1.54) is 4.90 Å². The van der Waals surface area contributed by atoms with Crippen LogP contribution in [0.15, 0.2) is 23.1 Å². The van der Waals surface area contributed by atoms with E-state index >= 15 is 0 Å². The average Bonchev–Trinajstić information content (AvgIpc) is 2.49. The summed E-state index contributed by atoms with van der Waals surface area (Å²) in [6, 6.07) is 5.76. The van der Waals surface area contributed by atoms with E-state index in [0.29, 0.717) is 13.1 Å². The van der Waals surface area contributed by atoms with Crippen molar-refractivity contribution in [2.45, 2.75) is 11.4 Å². The molecule has 1 N–H and O–H groups in total. The van der Waals surface area contributed by atoms with Gasteiger partial charge in [-0.3, -0.25) is 0 Å². The van der Waals surface area contributed by atoms with Gasteiger partial charge < -0.3 is 14.7 Å². The van der Waals surface area contributed by atoms with Crippen molar-refractivity contribution >= 4 is 17.9 Å². The second-order valence-corrected chi connectivity index (χ2v) is 4.66. The third-order valence-electron chi connectivity index (χ3n) is 2.52. The van der Waals surface area contributed by atoms with Crippen molar-refractivity contribution in [3.8, 4) is 5.75 Å². The van der Waals surface area contributed by atoms with Crippen molar-refractivity contribution in [1.29, 1.82) is 0 Å². The summed E-state index contributed by atoms with van der Waals surface area (Å²) in [5.41, 5.74) is 1.05. The van der Waals surface area contributed by atoms with Gasteiger partial charge in [0.05, 0.1) is 13.7 Å². The summed E-state index contributed by atoms with van der Waals surface area (Å²) in [5, 5.41) is 8.98. The van der Waals surface area contributed by atoms with Crippen LogP contribution in [0.4, 0.5) is 4.79 Å². The van der Waals surface area contributed by atoms with Crippen LogP contribution in [0, 0.1) is 0 Å². The summed E-state index contributed by atoms with van der Waals surface area (Å²) < 4.78 is 5.15. The maximum atomic E-state index is 10.9. The maximum Gasteiger partial charge on any atom is 0.407 e. The molecule has 4 nitrogen and oxygen atoms in total. The van der Waals surface area contributed by atoms with Crippen molar-refractivity contribution in [2.75, 3.05) is 19.4 Å². The van der Waals surface area contributed by atoms with Gasteiger partial charge in [0.15, 0.2) is 0 Å². The Kier molecular flexibility index (Phi) is 3.24. The second kappa shape index (κ2) is 4.65. The van der Waals surface area contributed by atoms with Gasteiger partial charge in [0.25, 0.3) is 0 Å². The molecule has 1 aromatic rings. The molecule has 2 rings (SSSR count). The topological polar surface area (TPSA) is 49.8 Å². The molecule has 0 aliphatic carbocycles. The fourth-order valence-electron chi connectivity index (χ4n) is 1.64. The Hall–Kier alpha value is -1.36. The fourth-order valence-corrected chi connectivity index (χ4v) is 2.69. The van der Waals surface area contributed by atoms with Crippen molar-refractivity contribution in [3.05, 3.63) is 23.8 Å². The molecule has 0 saturated heterocycles. The minimum Gasteiger partial charge on any atom is -0.497 e. The van der Waals surface area contributed by atoms with Crippen LogP contribution in [0.2, 0.25) is 0 Å². The zero-order valence-corrected chi connectivity index (χ0v) is 9.79. The number of nitrogens with zero attached hydrogens (tertiary/aromatic N) is 1. The number of amides is 1. The standard InChI is InChI=1S/C11H13NO3S/c1-15-9-3-2-8-7-12(11(13)14)4-5-16-10(8)6-9/h2-3,6H,4-5,7H2,1H3,(H,13,14). The van der Waals surface area contributed by atoms with Crippen LogP contribution in [0.1, 0.15) is 5.56 Å². The predicted octanol–water partition coefficient (Wildman–Crippen LogP) is 2.28. The molecule has 1 amide bonds. The summed E-state index contributed by atoms with van der Waals surface area (Å²) in [6.07, 6.45) is -0.857. The average molecular weight is 239 g/mol. The number of carbonyl (C=O) groups is 1. The first kappa shape index (κ1) is 11.1. The molecule has 0 aromatic heterocycles. The van der Waals surface area contributed by atoms with Gasteiger partial charge in [-0.15, -0.1) is 11.8 Å². The smallest absolute Gasteiger partial charge is 0.407 e. The number of hydrogen-bond acceptors (Lipinski definition) is 3. The van der Waals surface area contributed by atoms with E-state index in [-0.39, 0.29) is 0 Å². The van der Waals surface area contributed by atoms with Crippen LogP contribution >= 0.6 is 11.8 Å². The summed E-state index contributed by atoms with van der Waals surface area (Å²) in [7, 11) is 1.63. The van der Waals surface area contributed by atoms with Gasteiger partial charge in [-0.25, -0.2) is 4.79 Å². The minimum atomic E-state index is -0.857. The van der Waals surface area contributed by atoms with Crippen LogP contribution in [0.25, 0.3) is 0 Å². The first-order chi connectivity index (χ1) is 7.70. The number of rotatable bonds is 1. The number of ether oxygens (including phenoxy) is 1. The number of thioether (sulfide) groups is 1. The fraction of sp³-hybridized carbons (Fsp3) is 0.364. The Morgan fingerprint density at radius 1 is 1.56 bits per heavy atom. The third-order valence-corrected chi connectivity index (χ3v) is 3.60. The summed E-state index contributed by atoms with van der Waals surface area (Å²) in [6.45, 7) is 1.03. The van der Waals surface area contributed by atoms with Gasteiger partial charge in [0.2, 0.25) is 0 Å². The predicted molar refractivity (Wildman–Crippen MR) is 62.2 cm³/mol. The SMILES string of the molecule is COc1ccc2c(c1)SCCN(C(=O)O)C2.